The van der Waals surface area contributed by atoms with E-state index in [1.165, 1.54) is 29.8 Å². The molecule has 5 aromatic rings. The van der Waals surface area contributed by atoms with Gasteiger partial charge in [-0.25, -0.2) is 17.9 Å². The van der Waals surface area contributed by atoms with Gasteiger partial charge in [0.1, 0.15) is 4.90 Å². The highest BCUT2D eigenvalue weighted by molar-refractivity contribution is 7.90. The second-order valence-corrected chi connectivity index (χ2v) is 14.7. The number of benzene rings is 5. The van der Waals surface area contributed by atoms with Crippen molar-refractivity contribution in [1.29, 1.82) is 0 Å². The van der Waals surface area contributed by atoms with E-state index >= 15 is 0 Å². The molecule has 0 heterocycles. The maximum absolute atomic E-state index is 14.3. The second-order valence-electron chi connectivity index (χ2n) is 13.0. The van der Waals surface area contributed by atoms with E-state index in [4.69, 9.17) is 0 Å². The van der Waals surface area contributed by atoms with E-state index in [0.29, 0.717) is 18.0 Å². The highest BCUT2D eigenvalue weighted by Gasteiger charge is 2.33. The molecule has 51 heavy (non-hydrogen) atoms. The molecule has 9 heteroatoms. The van der Waals surface area contributed by atoms with Crippen LogP contribution in [0.3, 0.4) is 0 Å². The van der Waals surface area contributed by atoms with E-state index < -0.39 is 32.4 Å². The Morgan fingerprint density at radius 1 is 0.686 bits per heavy atom. The molecule has 1 saturated carbocycles. The Labute approximate surface area is 298 Å². The van der Waals surface area contributed by atoms with Crippen LogP contribution >= 0.6 is 0 Å². The summed E-state index contributed by atoms with van der Waals surface area (Å²) >= 11 is 0. The first-order chi connectivity index (χ1) is 24.7. The summed E-state index contributed by atoms with van der Waals surface area (Å²) in [6.07, 6.45) is 5.41. The Morgan fingerprint density at radius 2 is 1.29 bits per heavy atom. The van der Waals surface area contributed by atoms with Gasteiger partial charge in [0.25, 0.3) is 15.9 Å². The number of hydrogen-bond acceptors (Lipinski definition) is 5. The number of carbonyl (C=O) groups is 3. The van der Waals surface area contributed by atoms with Crippen molar-refractivity contribution in [2.24, 2.45) is 5.92 Å². The maximum Gasteiger partial charge on any atom is 0.337 e. The molecule has 0 bridgehead atoms. The van der Waals surface area contributed by atoms with Crippen molar-refractivity contribution in [3.05, 3.63) is 161 Å². The molecular formula is C42H40N2O6S. The van der Waals surface area contributed by atoms with Gasteiger partial charge in [-0.3, -0.25) is 9.59 Å². The van der Waals surface area contributed by atoms with Crippen LogP contribution in [0.25, 0.3) is 11.1 Å². The van der Waals surface area contributed by atoms with Gasteiger partial charge < -0.3 is 10.0 Å². The minimum absolute atomic E-state index is 0.0564. The number of carboxylic acids is 1. The molecule has 1 aliphatic rings. The molecule has 8 nitrogen and oxygen atoms in total. The van der Waals surface area contributed by atoms with Crippen molar-refractivity contribution in [2.75, 3.05) is 0 Å². The summed E-state index contributed by atoms with van der Waals surface area (Å²) in [7, 11) is -4.47. The summed E-state index contributed by atoms with van der Waals surface area (Å²) in [5, 5.41) is 9.45. The number of rotatable bonds is 12. The zero-order valence-corrected chi connectivity index (χ0v) is 29.0. The first-order valence-electron chi connectivity index (χ1n) is 17.1. The largest absolute Gasteiger partial charge is 0.478 e. The zero-order chi connectivity index (χ0) is 35.8. The molecule has 0 saturated heterocycles. The zero-order valence-electron chi connectivity index (χ0n) is 28.2. The number of carboxylic acid groups (broad SMARTS) is 1. The number of nitrogens with zero attached hydrogens (tertiary/aromatic N) is 1. The average molecular weight is 701 g/mol. The minimum Gasteiger partial charge on any atom is -0.478 e. The van der Waals surface area contributed by atoms with Crippen molar-refractivity contribution in [1.82, 2.24) is 9.62 Å². The number of sulfonamides is 1. The summed E-state index contributed by atoms with van der Waals surface area (Å²) in [6.45, 7) is 0.534. The average Bonchev–Trinajstić information content (AvgIpc) is 3.15. The first kappa shape index (κ1) is 35.3. The van der Waals surface area contributed by atoms with Gasteiger partial charge in [-0.1, -0.05) is 122 Å². The molecule has 260 valence electrons. The Hall–Kier alpha value is -5.54. The van der Waals surface area contributed by atoms with Crippen molar-refractivity contribution in [2.45, 2.75) is 56.0 Å². The fourth-order valence-electron chi connectivity index (χ4n) is 7.01. The Bertz CT molecular complexity index is 2120. The van der Waals surface area contributed by atoms with Gasteiger partial charge in [-0.2, -0.15) is 0 Å². The highest BCUT2D eigenvalue weighted by Crippen LogP contribution is 2.33. The van der Waals surface area contributed by atoms with Crippen molar-refractivity contribution in [3.8, 4) is 11.1 Å². The summed E-state index contributed by atoms with van der Waals surface area (Å²) in [4.78, 5) is 40.6. The standard InChI is InChI=1S/C42H40N2O6S/c45-40(44(29-31-15-5-2-6-16-31)38-23-9-7-18-35(38)25-30-13-3-1-4-14-30)27-32-17-11-19-33(26-32)34-20-12-21-36(28-34)41(46)43-51(49,50)39-24-10-8-22-37(39)42(47)48/h1-6,8,10-17,19-22,24,26,28,35,38H,7,9,18,23,25,27,29H2,(H,43,46)(H,47,48)/t35-,38-/m1/s1. The second kappa shape index (κ2) is 16.0. The van der Waals surface area contributed by atoms with Crippen LogP contribution in [0.5, 0.6) is 0 Å². The van der Waals surface area contributed by atoms with Crippen LogP contribution in [0.1, 0.15) is 63.1 Å². The minimum atomic E-state index is -4.47. The normalized spacial score (nSPS) is 15.8. The molecule has 0 aliphatic heterocycles. The van der Waals surface area contributed by atoms with Crippen LogP contribution in [-0.4, -0.2) is 42.2 Å². The number of amides is 2. The summed E-state index contributed by atoms with van der Waals surface area (Å²) in [5.74, 6) is -1.90. The molecule has 1 fully saturated rings. The molecule has 0 aromatic heterocycles. The smallest absolute Gasteiger partial charge is 0.337 e. The fourth-order valence-corrected chi connectivity index (χ4v) is 8.19. The van der Waals surface area contributed by atoms with Crippen LogP contribution in [0.2, 0.25) is 0 Å². The van der Waals surface area contributed by atoms with E-state index in [1.807, 2.05) is 59.3 Å². The third-order valence-electron chi connectivity index (χ3n) is 9.50. The fraction of sp³-hybridized carbons (Fsp3) is 0.214. The van der Waals surface area contributed by atoms with Crippen molar-refractivity contribution < 1.29 is 27.9 Å². The van der Waals surface area contributed by atoms with E-state index in [1.54, 1.807) is 12.1 Å². The molecule has 6 rings (SSSR count). The number of nitrogens with one attached hydrogen (secondary N) is 1. The first-order valence-corrected chi connectivity index (χ1v) is 18.6. The molecule has 0 unspecified atom stereocenters. The topological polar surface area (TPSA) is 121 Å². The van der Waals surface area contributed by atoms with E-state index in [0.717, 1.165) is 54.9 Å². The third-order valence-corrected chi connectivity index (χ3v) is 10.9. The quantitative estimate of drug-likeness (QED) is 0.139. The van der Waals surface area contributed by atoms with Gasteiger partial charge in [0.2, 0.25) is 5.91 Å². The van der Waals surface area contributed by atoms with Gasteiger partial charge in [0.15, 0.2) is 0 Å². The predicted molar refractivity (Wildman–Crippen MR) is 197 cm³/mol. The summed E-state index contributed by atoms with van der Waals surface area (Å²) in [5.41, 5.74) is 4.28. The molecule has 5 aromatic carbocycles. The van der Waals surface area contributed by atoms with Gasteiger partial charge in [-0.05, 0) is 77.3 Å². The molecule has 2 N–H and O–H groups in total. The Morgan fingerprint density at radius 3 is 2.02 bits per heavy atom. The SMILES string of the molecule is O=C(NS(=O)(=O)c1ccccc1C(=O)O)c1cccc(-c2cccc(CC(=O)N(Cc3ccccc3)[C@@H]3CCCC[C@@H]3Cc3ccccc3)c2)c1. The monoisotopic (exact) mass is 700 g/mol. The predicted octanol–water partition coefficient (Wildman–Crippen LogP) is 7.54. The molecule has 1 aliphatic carbocycles. The van der Waals surface area contributed by atoms with Gasteiger partial charge in [-0.15, -0.1) is 0 Å². The molecule has 2 atom stereocenters. The van der Waals surface area contributed by atoms with Gasteiger partial charge in [0.05, 0.1) is 12.0 Å². The van der Waals surface area contributed by atoms with Crippen molar-refractivity contribution >= 4 is 27.8 Å². The lowest BCUT2D eigenvalue weighted by molar-refractivity contribution is -0.135. The highest BCUT2D eigenvalue weighted by atomic mass is 32.2. The number of carbonyl (C=O) groups excluding carboxylic acids is 2. The van der Waals surface area contributed by atoms with E-state index in [9.17, 15) is 27.9 Å². The Kier molecular flexibility index (Phi) is 11.1. The molecule has 0 radical (unpaired) electrons. The molecular weight excluding hydrogens is 661 g/mol. The van der Waals surface area contributed by atoms with E-state index in [-0.39, 0.29) is 23.9 Å². The summed E-state index contributed by atoms with van der Waals surface area (Å²) in [6, 6.07) is 40.0. The van der Waals surface area contributed by atoms with Crippen LogP contribution in [0.4, 0.5) is 0 Å². The Balaban J connectivity index is 1.22. The molecule has 2 amide bonds. The van der Waals surface area contributed by atoms with E-state index in [2.05, 4.69) is 41.3 Å². The number of hydrogen-bond donors (Lipinski definition) is 2. The summed E-state index contributed by atoms with van der Waals surface area (Å²) < 4.78 is 28.0. The number of aromatic carboxylic acids is 1. The van der Waals surface area contributed by atoms with Crippen LogP contribution < -0.4 is 4.72 Å². The van der Waals surface area contributed by atoms with Gasteiger partial charge >= 0.3 is 5.97 Å². The van der Waals surface area contributed by atoms with Crippen molar-refractivity contribution in [3.63, 3.8) is 0 Å². The lowest BCUT2D eigenvalue weighted by atomic mass is 9.79. The third kappa shape index (κ3) is 8.80. The lowest BCUT2D eigenvalue weighted by Gasteiger charge is -2.40. The molecule has 0 spiro atoms. The van der Waals surface area contributed by atoms with Crippen LogP contribution in [-0.2, 0) is 34.2 Å². The maximum atomic E-state index is 14.3. The van der Waals surface area contributed by atoms with Crippen LogP contribution in [0.15, 0.2) is 138 Å². The van der Waals surface area contributed by atoms with Crippen LogP contribution in [0, 0.1) is 5.92 Å². The lowest BCUT2D eigenvalue weighted by Crippen LogP contribution is -2.46. The van der Waals surface area contributed by atoms with Gasteiger partial charge in [0, 0.05) is 18.2 Å².